The second-order valence-electron chi connectivity index (χ2n) is 6.99. The Morgan fingerprint density at radius 3 is 2.18 bits per heavy atom. The number of hydrogen-bond acceptors (Lipinski definition) is 6. The van der Waals surface area contributed by atoms with E-state index in [9.17, 15) is 9.36 Å². The predicted octanol–water partition coefficient (Wildman–Crippen LogP) is 5.52. The number of rotatable bonds is 8. The minimum absolute atomic E-state index is 0.0919. The molecule has 1 aromatic carbocycles. The summed E-state index contributed by atoms with van der Waals surface area (Å²) in [6.45, 7) is 10.8. The average molecular weight is 408 g/mol. The van der Waals surface area contributed by atoms with E-state index in [-0.39, 0.29) is 24.3 Å². The number of hydrogen-bond donors (Lipinski definition) is 0. The van der Waals surface area contributed by atoms with E-state index in [0.717, 1.165) is 5.56 Å². The molecule has 0 aliphatic carbocycles. The number of ether oxygens (including phenoxy) is 2. The summed E-state index contributed by atoms with van der Waals surface area (Å²) in [7, 11) is -3.72. The first-order chi connectivity index (χ1) is 13.2. The van der Waals surface area contributed by atoms with Crippen LogP contribution in [-0.2, 0) is 27.9 Å². The van der Waals surface area contributed by atoms with Gasteiger partial charge in [0.1, 0.15) is 5.76 Å². The third-order valence-corrected chi connectivity index (χ3v) is 6.06. The van der Waals surface area contributed by atoms with Gasteiger partial charge in [-0.25, -0.2) is 4.79 Å². The highest BCUT2D eigenvalue weighted by Gasteiger charge is 2.41. The predicted molar refractivity (Wildman–Crippen MR) is 108 cm³/mol. The molecule has 1 aromatic rings. The smallest absolute Gasteiger partial charge is 0.396 e. The van der Waals surface area contributed by atoms with E-state index in [4.69, 9.17) is 18.5 Å². The van der Waals surface area contributed by atoms with E-state index in [1.807, 2.05) is 30.3 Å². The normalized spacial score (nSPS) is 17.6. The van der Waals surface area contributed by atoms with Crippen LogP contribution in [0.1, 0.15) is 53.0 Å². The van der Waals surface area contributed by atoms with E-state index < -0.39 is 19.5 Å². The molecule has 154 valence electrons. The van der Waals surface area contributed by atoms with Crippen molar-refractivity contribution in [1.82, 2.24) is 0 Å². The van der Waals surface area contributed by atoms with Crippen LogP contribution in [0.15, 0.2) is 53.2 Å². The van der Waals surface area contributed by atoms with E-state index in [1.54, 1.807) is 47.6 Å². The summed E-state index contributed by atoms with van der Waals surface area (Å²) in [6, 6.07) is 9.45. The van der Waals surface area contributed by atoms with E-state index in [0.29, 0.717) is 11.3 Å². The summed E-state index contributed by atoms with van der Waals surface area (Å²) in [5, 5.41) is 0. The quantitative estimate of drug-likeness (QED) is 0.416. The lowest BCUT2D eigenvalue weighted by Gasteiger charge is -2.30. The Bertz CT molecular complexity index is 780. The molecule has 1 atom stereocenters. The molecule has 0 saturated heterocycles. The van der Waals surface area contributed by atoms with Gasteiger partial charge in [0, 0.05) is 5.92 Å². The third-order valence-electron chi connectivity index (χ3n) is 3.88. The summed E-state index contributed by atoms with van der Waals surface area (Å²) in [5.41, 5.74) is 1.32. The van der Waals surface area contributed by atoms with Gasteiger partial charge >= 0.3 is 13.6 Å². The first-order valence-corrected chi connectivity index (χ1v) is 11.0. The van der Waals surface area contributed by atoms with Crippen molar-refractivity contribution in [2.24, 2.45) is 0 Å². The standard InChI is InChI=1S/C21H29O6P/c1-7-24-21(22)20-16(6)25-19(13-18(20)17-11-9-8-10-12-17)28(23,26-14(2)3)27-15(4)5/h8-15,18H,7H2,1-6H3. The number of benzene rings is 1. The molecule has 1 unspecified atom stereocenters. The zero-order valence-corrected chi connectivity index (χ0v) is 18.2. The van der Waals surface area contributed by atoms with Gasteiger partial charge in [0.15, 0.2) is 0 Å². The molecule has 0 N–H and O–H groups in total. The van der Waals surface area contributed by atoms with Crippen molar-refractivity contribution >= 4 is 13.6 Å². The molecule has 1 heterocycles. The van der Waals surface area contributed by atoms with Crippen molar-refractivity contribution < 1.29 is 27.9 Å². The van der Waals surface area contributed by atoms with Crippen LogP contribution in [0.3, 0.4) is 0 Å². The van der Waals surface area contributed by atoms with Gasteiger partial charge < -0.3 is 18.5 Å². The highest BCUT2D eigenvalue weighted by Crippen LogP contribution is 2.61. The molecule has 1 aliphatic rings. The molecule has 6 nitrogen and oxygen atoms in total. The highest BCUT2D eigenvalue weighted by atomic mass is 31.2. The van der Waals surface area contributed by atoms with Crippen molar-refractivity contribution in [2.75, 3.05) is 6.61 Å². The van der Waals surface area contributed by atoms with Crippen LogP contribution in [0.2, 0.25) is 0 Å². The molecule has 0 bridgehead atoms. The van der Waals surface area contributed by atoms with Crippen molar-refractivity contribution in [2.45, 2.75) is 59.7 Å². The van der Waals surface area contributed by atoms with Gasteiger partial charge in [-0.2, -0.15) is 0 Å². The van der Waals surface area contributed by atoms with E-state index >= 15 is 0 Å². The first kappa shape index (κ1) is 22.4. The second-order valence-corrected chi connectivity index (χ2v) is 8.85. The van der Waals surface area contributed by atoms with Crippen LogP contribution < -0.4 is 0 Å². The molecule has 0 fully saturated rings. The molecule has 7 heteroatoms. The van der Waals surface area contributed by atoms with Gasteiger partial charge in [0.05, 0.1) is 24.4 Å². The maximum atomic E-state index is 13.5. The first-order valence-electron chi connectivity index (χ1n) is 9.47. The molecular weight excluding hydrogens is 379 g/mol. The Balaban J connectivity index is 2.56. The topological polar surface area (TPSA) is 71.1 Å². The SMILES string of the molecule is CCOC(=O)C1=C(C)OC(P(=O)(OC(C)C)OC(C)C)=CC1c1ccccc1. The lowest BCUT2D eigenvalue weighted by Crippen LogP contribution is -2.21. The number of carbonyl (C=O) groups is 1. The molecular formula is C21H29O6P. The lowest BCUT2D eigenvalue weighted by atomic mass is 9.89. The van der Waals surface area contributed by atoms with Gasteiger partial charge in [-0.05, 0) is 53.2 Å². The monoisotopic (exact) mass is 408 g/mol. The van der Waals surface area contributed by atoms with Gasteiger partial charge in [-0.1, -0.05) is 30.3 Å². The van der Waals surface area contributed by atoms with Gasteiger partial charge in [0.25, 0.3) is 0 Å². The van der Waals surface area contributed by atoms with Crippen molar-refractivity contribution in [3.05, 3.63) is 58.8 Å². The molecule has 28 heavy (non-hydrogen) atoms. The van der Waals surface area contributed by atoms with Crippen LogP contribution in [0.25, 0.3) is 0 Å². The van der Waals surface area contributed by atoms with E-state index in [2.05, 4.69) is 0 Å². The van der Waals surface area contributed by atoms with Crippen LogP contribution in [0.4, 0.5) is 0 Å². The Morgan fingerprint density at radius 2 is 1.68 bits per heavy atom. The Labute approximate surface area is 167 Å². The van der Waals surface area contributed by atoms with Crippen molar-refractivity contribution in [3.63, 3.8) is 0 Å². The fourth-order valence-electron chi connectivity index (χ4n) is 2.92. The summed E-state index contributed by atoms with van der Waals surface area (Å²) < 4.78 is 35.9. The fraction of sp³-hybridized carbons (Fsp3) is 0.476. The minimum atomic E-state index is -3.72. The fourth-order valence-corrected chi connectivity index (χ4v) is 4.87. The summed E-state index contributed by atoms with van der Waals surface area (Å²) in [6.07, 6.45) is 0.972. The summed E-state index contributed by atoms with van der Waals surface area (Å²) >= 11 is 0. The lowest BCUT2D eigenvalue weighted by molar-refractivity contribution is -0.139. The maximum Gasteiger partial charge on any atom is 0.396 e. The van der Waals surface area contributed by atoms with Crippen LogP contribution in [0.5, 0.6) is 0 Å². The Kier molecular flexibility index (Phi) is 7.64. The molecule has 0 saturated carbocycles. The van der Waals surface area contributed by atoms with Crippen molar-refractivity contribution in [1.29, 1.82) is 0 Å². The summed E-state index contributed by atoms with van der Waals surface area (Å²) in [4.78, 5) is 12.6. The van der Waals surface area contributed by atoms with Crippen LogP contribution in [-0.4, -0.2) is 24.8 Å². The van der Waals surface area contributed by atoms with Crippen LogP contribution >= 0.6 is 7.60 Å². The molecule has 0 spiro atoms. The third kappa shape index (κ3) is 5.34. The largest absolute Gasteiger partial charge is 0.463 e. The highest BCUT2D eigenvalue weighted by molar-refractivity contribution is 7.58. The summed E-state index contributed by atoms with van der Waals surface area (Å²) in [5.74, 6) is -0.623. The zero-order valence-electron chi connectivity index (χ0n) is 17.3. The molecule has 0 amide bonds. The molecule has 0 aromatic heterocycles. The van der Waals surface area contributed by atoms with Gasteiger partial charge in [-0.3, -0.25) is 4.57 Å². The Morgan fingerprint density at radius 1 is 1.11 bits per heavy atom. The van der Waals surface area contributed by atoms with Crippen molar-refractivity contribution in [3.8, 4) is 0 Å². The average Bonchev–Trinajstić information content (AvgIpc) is 2.60. The van der Waals surface area contributed by atoms with Gasteiger partial charge in [0.2, 0.25) is 5.50 Å². The number of esters is 1. The zero-order chi connectivity index (χ0) is 20.9. The molecule has 2 rings (SSSR count). The maximum absolute atomic E-state index is 13.5. The number of carbonyl (C=O) groups excluding carboxylic acids is 1. The van der Waals surface area contributed by atoms with E-state index in [1.165, 1.54) is 0 Å². The molecule has 0 radical (unpaired) electrons. The van der Waals surface area contributed by atoms with Gasteiger partial charge in [-0.15, -0.1) is 0 Å². The number of allylic oxidation sites excluding steroid dienone is 2. The van der Waals surface area contributed by atoms with Crippen LogP contribution in [0, 0.1) is 0 Å². The molecule has 1 aliphatic heterocycles. The Hall–Kier alpha value is -1.88. The second kappa shape index (κ2) is 9.55. The minimum Gasteiger partial charge on any atom is -0.463 e.